The Hall–Kier alpha value is -1.54. The molecular weight excluding hydrogens is 356 g/mol. The van der Waals surface area contributed by atoms with Crippen LogP contribution in [0.25, 0.3) is 0 Å². The summed E-state index contributed by atoms with van der Waals surface area (Å²) >= 11 is 0. The van der Waals surface area contributed by atoms with E-state index in [9.17, 15) is 5.11 Å². The van der Waals surface area contributed by atoms with Crippen molar-refractivity contribution in [1.29, 1.82) is 0 Å². The second-order valence-corrected chi connectivity index (χ2v) is 10.3. The molecular formula is C27H38O2. The normalized spacial score (nSPS) is 35.3. The Kier molecular flexibility index (Phi) is 5.44. The number of aliphatic hydroxyl groups is 1. The molecule has 0 radical (unpaired) electrons. The van der Waals surface area contributed by atoms with Gasteiger partial charge in [-0.1, -0.05) is 31.2 Å². The number of ether oxygens (including phenoxy) is 1. The van der Waals surface area contributed by atoms with Gasteiger partial charge in [-0.25, -0.2) is 0 Å². The summed E-state index contributed by atoms with van der Waals surface area (Å²) in [6.07, 6.45) is 10.9. The zero-order valence-electron chi connectivity index (χ0n) is 18.8. The molecule has 4 rings (SSSR count). The van der Waals surface area contributed by atoms with E-state index in [-0.39, 0.29) is 5.41 Å². The molecule has 4 unspecified atom stereocenters. The first-order valence-corrected chi connectivity index (χ1v) is 11.5. The van der Waals surface area contributed by atoms with Crippen molar-refractivity contribution < 1.29 is 9.84 Å². The molecule has 29 heavy (non-hydrogen) atoms. The SMILES string of the molecule is C=C(CCC=C(C)C)C1(O)CCC2C3CCc4cc(OC)ccc4C3CC[C@@]21C. The van der Waals surface area contributed by atoms with E-state index in [0.717, 1.165) is 49.8 Å². The lowest BCUT2D eigenvalue weighted by molar-refractivity contribution is -0.0795. The van der Waals surface area contributed by atoms with Crippen molar-refractivity contribution in [3.8, 4) is 5.75 Å². The molecule has 1 N–H and O–H groups in total. The Morgan fingerprint density at radius 3 is 2.76 bits per heavy atom. The number of hydrogen-bond donors (Lipinski definition) is 1. The lowest BCUT2D eigenvalue weighted by Crippen LogP contribution is -2.51. The van der Waals surface area contributed by atoms with E-state index >= 15 is 0 Å². The molecule has 2 heteroatoms. The second-order valence-electron chi connectivity index (χ2n) is 10.3. The molecule has 0 saturated heterocycles. The van der Waals surface area contributed by atoms with E-state index in [1.165, 1.54) is 24.0 Å². The first-order chi connectivity index (χ1) is 13.8. The highest BCUT2D eigenvalue weighted by Gasteiger charge is 2.62. The minimum Gasteiger partial charge on any atom is -0.497 e. The summed E-state index contributed by atoms with van der Waals surface area (Å²) in [7, 11) is 1.75. The van der Waals surface area contributed by atoms with Crippen LogP contribution in [0.15, 0.2) is 42.0 Å². The summed E-state index contributed by atoms with van der Waals surface area (Å²) in [4.78, 5) is 0. The minimum absolute atomic E-state index is 0.0276. The van der Waals surface area contributed by atoms with Gasteiger partial charge in [0.2, 0.25) is 0 Å². The molecule has 1 aromatic rings. The van der Waals surface area contributed by atoms with Gasteiger partial charge in [-0.3, -0.25) is 0 Å². The van der Waals surface area contributed by atoms with Crippen LogP contribution in [0.4, 0.5) is 0 Å². The van der Waals surface area contributed by atoms with Gasteiger partial charge in [0, 0.05) is 5.41 Å². The number of benzene rings is 1. The topological polar surface area (TPSA) is 29.5 Å². The molecule has 3 aliphatic rings. The van der Waals surface area contributed by atoms with Crippen LogP contribution in [0.3, 0.4) is 0 Å². The molecule has 1 aromatic carbocycles. The Labute approximate surface area is 177 Å². The molecule has 2 saturated carbocycles. The Bertz CT molecular complexity index is 818. The van der Waals surface area contributed by atoms with E-state index in [1.807, 2.05) is 0 Å². The van der Waals surface area contributed by atoms with Crippen molar-refractivity contribution in [3.05, 3.63) is 53.1 Å². The van der Waals surface area contributed by atoms with E-state index in [0.29, 0.717) is 17.8 Å². The number of allylic oxidation sites excluding steroid dienone is 2. The first-order valence-electron chi connectivity index (χ1n) is 11.5. The summed E-state index contributed by atoms with van der Waals surface area (Å²) in [6.45, 7) is 11.1. The average Bonchev–Trinajstić information content (AvgIpc) is 2.99. The largest absolute Gasteiger partial charge is 0.497 e. The Morgan fingerprint density at radius 2 is 2.03 bits per heavy atom. The molecule has 0 spiro atoms. The van der Waals surface area contributed by atoms with Crippen LogP contribution in [0.5, 0.6) is 5.75 Å². The van der Waals surface area contributed by atoms with Gasteiger partial charge in [0.1, 0.15) is 5.75 Å². The van der Waals surface area contributed by atoms with Gasteiger partial charge in [0.05, 0.1) is 12.7 Å². The lowest BCUT2D eigenvalue weighted by atomic mass is 9.52. The van der Waals surface area contributed by atoms with Crippen molar-refractivity contribution >= 4 is 0 Å². The van der Waals surface area contributed by atoms with Gasteiger partial charge in [0.15, 0.2) is 0 Å². The maximum atomic E-state index is 11.9. The predicted octanol–water partition coefficient (Wildman–Crippen LogP) is 6.59. The fourth-order valence-corrected chi connectivity index (χ4v) is 7.02. The van der Waals surface area contributed by atoms with Gasteiger partial charge >= 0.3 is 0 Å². The zero-order valence-corrected chi connectivity index (χ0v) is 18.8. The molecule has 5 atom stereocenters. The predicted molar refractivity (Wildman–Crippen MR) is 120 cm³/mol. The number of fused-ring (bicyclic) bond motifs is 5. The summed E-state index contributed by atoms with van der Waals surface area (Å²) in [5.74, 6) is 2.91. The number of methoxy groups -OCH3 is 1. The molecule has 0 amide bonds. The van der Waals surface area contributed by atoms with E-state index in [1.54, 1.807) is 12.7 Å². The lowest BCUT2D eigenvalue weighted by Gasteiger charge is -2.54. The minimum atomic E-state index is -0.696. The average molecular weight is 395 g/mol. The van der Waals surface area contributed by atoms with Crippen molar-refractivity contribution in [1.82, 2.24) is 0 Å². The fraction of sp³-hybridized carbons (Fsp3) is 0.630. The Morgan fingerprint density at radius 1 is 1.24 bits per heavy atom. The smallest absolute Gasteiger partial charge is 0.119 e. The molecule has 0 bridgehead atoms. The van der Waals surface area contributed by atoms with Crippen LogP contribution in [0.2, 0.25) is 0 Å². The van der Waals surface area contributed by atoms with Crippen LogP contribution in [-0.4, -0.2) is 17.8 Å². The fourth-order valence-electron chi connectivity index (χ4n) is 7.02. The van der Waals surface area contributed by atoms with Gasteiger partial charge in [-0.15, -0.1) is 0 Å². The highest BCUT2D eigenvalue weighted by molar-refractivity contribution is 5.41. The van der Waals surface area contributed by atoms with E-state index < -0.39 is 5.60 Å². The van der Waals surface area contributed by atoms with Gasteiger partial charge in [-0.05, 0) is 112 Å². The van der Waals surface area contributed by atoms with Gasteiger partial charge in [0.25, 0.3) is 0 Å². The summed E-state index contributed by atoms with van der Waals surface area (Å²) in [5, 5.41) is 11.9. The van der Waals surface area contributed by atoms with Gasteiger partial charge in [-0.2, -0.15) is 0 Å². The molecule has 2 nitrogen and oxygen atoms in total. The zero-order chi connectivity index (χ0) is 20.8. The summed E-state index contributed by atoms with van der Waals surface area (Å²) in [5.41, 5.74) is 4.71. The van der Waals surface area contributed by atoms with Crippen molar-refractivity contribution in [2.45, 2.75) is 83.7 Å². The van der Waals surface area contributed by atoms with E-state index in [2.05, 4.69) is 51.6 Å². The monoisotopic (exact) mass is 394 g/mol. The van der Waals surface area contributed by atoms with Crippen LogP contribution in [0.1, 0.15) is 82.8 Å². The molecule has 0 heterocycles. The summed E-state index contributed by atoms with van der Waals surface area (Å²) in [6, 6.07) is 6.69. The molecule has 3 aliphatic carbocycles. The number of aryl methyl sites for hydroxylation is 1. The highest BCUT2D eigenvalue weighted by atomic mass is 16.5. The maximum absolute atomic E-state index is 11.9. The summed E-state index contributed by atoms with van der Waals surface area (Å²) < 4.78 is 5.46. The van der Waals surface area contributed by atoms with Crippen molar-refractivity contribution in [3.63, 3.8) is 0 Å². The molecule has 0 aliphatic heterocycles. The second kappa shape index (κ2) is 7.61. The third-order valence-electron chi connectivity index (χ3n) is 8.67. The number of rotatable bonds is 5. The third-order valence-corrected chi connectivity index (χ3v) is 8.67. The third kappa shape index (κ3) is 3.28. The van der Waals surface area contributed by atoms with E-state index in [4.69, 9.17) is 4.74 Å². The van der Waals surface area contributed by atoms with Crippen LogP contribution < -0.4 is 4.74 Å². The van der Waals surface area contributed by atoms with Crippen LogP contribution >= 0.6 is 0 Å². The van der Waals surface area contributed by atoms with Crippen molar-refractivity contribution in [2.24, 2.45) is 17.3 Å². The van der Waals surface area contributed by atoms with Crippen LogP contribution in [-0.2, 0) is 6.42 Å². The van der Waals surface area contributed by atoms with Crippen molar-refractivity contribution in [2.75, 3.05) is 7.11 Å². The first kappa shape index (κ1) is 20.7. The Balaban J connectivity index is 1.57. The highest BCUT2D eigenvalue weighted by Crippen LogP contribution is 2.66. The molecule has 0 aromatic heterocycles. The number of hydrogen-bond acceptors (Lipinski definition) is 2. The molecule has 158 valence electrons. The van der Waals surface area contributed by atoms with Crippen LogP contribution in [0, 0.1) is 17.3 Å². The van der Waals surface area contributed by atoms with Gasteiger partial charge < -0.3 is 9.84 Å². The molecule has 2 fully saturated rings. The standard InChI is InChI=1S/C27H38O2/c1-18(2)7-6-8-19(3)27(28)16-14-25-24-11-9-20-17-21(29-5)10-12-22(20)23(24)13-15-26(25,27)4/h7,10,12,17,23-25,28H,3,6,8-9,11,13-16H2,1-2,4-5H3/t23?,24?,25?,26-,27?/m0/s1. The maximum Gasteiger partial charge on any atom is 0.119 e. The quantitative estimate of drug-likeness (QED) is 0.571.